The molecule has 0 saturated carbocycles. The minimum Gasteiger partial charge on any atom is -0.347 e. The van der Waals surface area contributed by atoms with Crippen molar-refractivity contribution in [3.63, 3.8) is 0 Å². The van der Waals surface area contributed by atoms with Crippen LogP contribution in [0.5, 0.6) is 0 Å². The number of urea groups is 1. The monoisotopic (exact) mass is 263 g/mol. The number of nitrogens with one attached hydrogen (secondary N) is 2. The fourth-order valence-corrected chi connectivity index (χ4v) is 1.39. The third kappa shape index (κ3) is 4.95. The molecule has 1 aromatic rings. The predicted octanol–water partition coefficient (Wildman–Crippen LogP) is 1.22. The van der Waals surface area contributed by atoms with Gasteiger partial charge < -0.3 is 15.5 Å². The fourth-order valence-electron chi connectivity index (χ4n) is 1.39. The van der Waals surface area contributed by atoms with E-state index in [0.29, 0.717) is 12.5 Å². The molecule has 2 N–H and O–H groups in total. The van der Waals surface area contributed by atoms with E-state index in [9.17, 15) is 4.79 Å². The summed E-state index contributed by atoms with van der Waals surface area (Å²) in [4.78, 5) is 22.0. The Morgan fingerprint density at radius 3 is 2.79 bits per heavy atom. The summed E-state index contributed by atoms with van der Waals surface area (Å²) in [6.07, 6.45) is 1.67. The van der Waals surface area contributed by atoms with Gasteiger partial charge in [0.25, 0.3) is 0 Å². The second-order valence-electron chi connectivity index (χ2n) is 4.55. The van der Waals surface area contributed by atoms with E-state index in [-0.39, 0.29) is 12.1 Å². The molecule has 6 heteroatoms. The molecule has 1 rings (SSSR count). The number of carbonyl (C=O) groups is 1. The van der Waals surface area contributed by atoms with Crippen LogP contribution in [0.25, 0.3) is 0 Å². The zero-order valence-electron chi connectivity index (χ0n) is 11.9. The van der Waals surface area contributed by atoms with Gasteiger partial charge in [-0.3, -0.25) is 0 Å². The van der Waals surface area contributed by atoms with Crippen LogP contribution in [0, 0.1) is 6.92 Å². The fraction of sp³-hybridized carbons (Fsp3) is 0.462. The van der Waals surface area contributed by atoms with Gasteiger partial charge in [-0.05, 0) is 19.9 Å². The quantitative estimate of drug-likeness (QED) is 0.784. The second kappa shape index (κ2) is 6.72. The van der Waals surface area contributed by atoms with Crippen molar-refractivity contribution >= 4 is 12.0 Å². The first-order valence-corrected chi connectivity index (χ1v) is 6.11. The second-order valence-corrected chi connectivity index (χ2v) is 4.55. The third-order valence-corrected chi connectivity index (χ3v) is 2.44. The number of aromatic nitrogens is 2. The summed E-state index contributed by atoms with van der Waals surface area (Å²) >= 11 is 0. The van der Waals surface area contributed by atoms with Crippen molar-refractivity contribution in [3.05, 3.63) is 30.1 Å². The van der Waals surface area contributed by atoms with Crippen molar-refractivity contribution in [2.75, 3.05) is 19.0 Å². The van der Waals surface area contributed by atoms with Crippen LogP contribution in [-0.2, 0) is 6.54 Å². The van der Waals surface area contributed by atoms with Crippen LogP contribution in [0.4, 0.5) is 10.7 Å². The lowest BCUT2D eigenvalue weighted by molar-refractivity contribution is 0.239. The van der Waals surface area contributed by atoms with E-state index in [2.05, 4.69) is 27.2 Å². The van der Waals surface area contributed by atoms with Crippen molar-refractivity contribution in [1.82, 2.24) is 20.6 Å². The molecule has 0 aliphatic rings. The highest BCUT2D eigenvalue weighted by Gasteiger charge is 2.07. The maximum Gasteiger partial charge on any atom is 0.315 e. The van der Waals surface area contributed by atoms with E-state index in [4.69, 9.17) is 0 Å². The Balaban J connectivity index is 2.62. The van der Waals surface area contributed by atoms with Gasteiger partial charge in [0, 0.05) is 25.8 Å². The Kier molecular flexibility index (Phi) is 5.29. The minimum atomic E-state index is -0.241. The molecule has 0 aliphatic heterocycles. The van der Waals surface area contributed by atoms with Crippen LogP contribution in [0.2, 0.25) is 0 Å². The van der Waals surface area contributed by atoms with Gasteiger partial charge in [0.15, 0.2) is 0 Å². The summed E-state index contributed by atoms with van der Waals surface area (Å²) in [5.74, 6) is 0.636. The Morgan fingerprint density at radius 2 is 2.21 bits per heavy atom. The van der Waals surface area contributed by atoms with Gasteiger partial charge in [0.05, 0.1) is 12.2 Å². The largest absolute Gasteiger partial charge is 0.347 e. The van der Waals surface area contributed by atoms with Crippen LogP contribution in [0.3, 0.4) is 0 Å². The van der Waals surface area contributed by atoms with Crippen LogP contribution in [-0.4, -0.2) is 36.1 Å². The molecule has 0 aliphatic carbocycles. The summed E-state index contributed by atoms with van der Waals surface area (Å²) in [5, 5.41) is 5.48. The highest BCUT2D eigenvalue weighted by atomic mass is 16.2. The number of hydrogen-bond donors (Lipinski definition) is 2. The minimum absolute atomic E-state index is 0.0653. The number of nitrogens with zero attached hydrogens (tertiary/aromatic N) is 3. The highest BCUT2D eigenvalue weighted by molar-refractivity contribution is 5.74. The predicted molar refractivity (Wildman–Crippen MR) is 76.1 cm³/mol. The van der Waals surface area contributed by atoms with Gasteiger partial charge in [-0.2, -0.15) is 0 Å². The lowest BCUT2D eigenvalue weighted by Gasteiger charge is -2.13. The number of aryl methyl sites for hydroxylation is 1. The third-order valence-electron chi connectivity index (χ3n) is 2.44. The first-order valence-electron chi connectivity index (χ1n) is 6.11. The molecule has 0 unspecified atom stereocenters. The molecule has 1 heterocycles. The summed E-state index contributed by atoms with van der Waals surface area (Å²) in [7, 11) is 3.76. The lowest BCUT2D eigenvalue weighted by Crippen LogP contribution is -2.39. The molecule has 1 atom stereocenters. The Labute approximate surface area is 113 Å². The van der Waals surface area contributed by atoms with Crippen LogP contribution < -0.4 is 15.5 Å². The van der Waals surface area contributed by atoms with Crippen LogP contribution >= 0.6 is 0 Å². The number of rotatable bonds is 5. The number of carbonyl (C=O) groups excluding carboxylic acids is 1. The molecule has 19 heavy (non-hydrogen) atoms. The molecule has 1 aromatic heterocycles. The SMILES string of the molecule is C=C[C@H](C)NC(=O)NCc1cc(C)nc(N(C)C)n1. The maximum absolute atomic E-state index is 11.6. The zero-order valence-corrected chi connectivity index (χ0v) is 11.9. The molecule has 0 radical (unpaired) electrons. The molecule has 0 spiro atoms. The normalized spacial score (nSPS) is 11.6. The van der Waals surface area contributed by atoms with Crippen molar-refractivity contribution < 1.29 is 4.79 Å². The van der Waals surface area contributed by atoms with Crippen molar-refractivity contribution in [2.45, 2.75) is 26.4 Å². The van der Waals surface area contributed by atoms with E-state index in [1.165, 1.54) is 0 Å². The Bertz CT molecular complexity index is 458. The number of hydrogen-bond acceptors (Lipinski definition) is 4. The molecular weight excluding hydrogens is 242 g/mol. The molecule has 104 valence electrons. The van der Waals surface area contributed by atoms with Gasteiger partial charge in [0.2, 0.25) is 5.95 Å². The Morgan fingerprint density at radius 1 is 1.53 bits per heavy atom. The van der Waals surface area contributed by atoms with Gasteiger partial charge in [-0.1, -0.05) is 6.08 Å². The molecular formula is C13H21N5O. The maximum atomic E-state index is 11.6. The average molecular weight is 263 g/mol. The van der Waals surface area contributed by atoms with Crippen LogP contribution in [0.15, 0.2) is 18.7 Å². The van der Waals surface area contributed by atoms with E-state index in [1.54, 1.807) is 6.08 Å². The molecule has 0 aromatic carbocycles. The van der Waals surface area contributed by atoms with E-state index in [1.807, 2.05) is 38.9 Å². The van der Waals surface area contributed by atoms with Crippen molar-refractivity contribution in [3.8, 4) is 0 Å². The van der Waals surface area contributed by atoms with Crippen LogP contribution in [0.1, 0.15) is 18.3 Å². The smallest absolute Gasteiger partial charge is 0.315 e. The Hall–Kier alpha value is -2.11. The topological polar surface area (TPSA) is 70.2 Å². The van der Waals surface area contributed by atoms with Gasteiger partial charge >= 0.3 is 6.03 Å². The van der Waals surface area contributed by atoms with E-state index >= 15 is 0 Å². The number of anilines is 1. The molecule has 6 nitrogen and oxygen atoms in total. The zero-order chi connectivity index (χ0) is 14.4. The molecule has 0 bridgehead atoms. The van der Waals surface area contributed by atoms with Crippen molar-refractivity contribution in [2.24, 2.45) is 0 Å². The first kappa shape index (κ1) is 14.9. The lowest BCUT2D eigenvalue weighted by atomic mass is 10.3. The van der Waals surface area contributed by atoms with Gasteiger partial charge in [-0.25, -0.2) is 14.8 Å². The van der Waals surface area contributed by atoms with E-state index in [0.717, 1.165) is 11.4 Å². The summed E-state index contributed by atoms with van der Waals surface area (Å²) < 4.78 is 0. The first-order chi connectivity index (χ1) is 8.92. The molecule has 2 amide bonds. The summed E-state index contributed by atoms with van der Waals surface area (Å²) in [5.41, 5.74) is 1.65. The molecule has 0 saturated heterocycles. The number of amides is 2. The standard InChI is InChI=1S/C13H21N5O/c1-6-9(2)16-13(19)14-8-11-7-10(3)15-12(17-11)18(4)5/h6-7,9H,1,8H2,2-5H3,(H2,14,16,19)/t9-/m0/s1. The highest BCUT2D eigenvalue weighted by Crippen LogP contribution is 2.07. The van der Waals surface area contributed by atoms with Crippen molar-refractivity contribution in [1.29, 1.82) is 0 Å². The van der Waals surface area contributed by atoms with E-state index < -0.39 is 0 Å². The van der Waals surface area contributed by atoms with Gasteiger partial charge in [0.1, 0.15) is 0 Å². The molecule has 0 fully saturated rings. The summed E-state index contributed by atoms with van der Waals surface area (Å²) in [6.45, 7) is 7.72. The average Bonchev–Trinajstić information content (AvgIpc) is 2.35. The summed E-state index contributed by atoms with van der Waals surface area (Å²) in [6, 6.07) is 1.55. The van der Waals surface area contributed by atoms with Gasteiger partial charge in [-0.15, -0.1) is 6.58 Å².